The van der Waals surface area contributed by atoms with Crippen LogP contribution in [0.15, 0.2) is 58.2 Å². The van der Waals surface area contributed by atoms with Gasteiger partial charge in [-0.3, -0.25) is 9.69 Å². The van der Waals surface area contributed by atoms with Crippen molar-refractivity contribution in [3.63, 3.8) is 0 Å². The zero-order chi connectivity index (χ0) is 22.3. The van der Waals surface area contributed by atoms with Crippen LogP contribution in [0, 0.1) is 12.3 Å². The predicted molar refractivity (Wildman–Crippen MR) is 128 cm³/mol. The molecule has 9 heteroatoms. The number of amides is 1. The minimum Gasteiger partial charge on any atom is -0.411 e. The summed E-state index contributed by atoms with van der Waals surface area (Å²) in [5, 5.41) is 11.7. The summed E-state index contributed by atoms with van der Waals surface area (Å²) in [6.07, 6.45) is 5.39. The molecular formula is C23H22ClN5O2S. The van der Waals surface area contributed by atoms with Crippen molar-refractivity contribution in [3.05, 3.63) is 53.6 Å². The Labute approximate surface area is 196 Å². The van der Waals surface area contributed by atoms with Gasteiger partial charge in [0.2, 0.25) is 11.8 Å². The molecule has 2 heterocycles. The minimum atomic E-state index is -0.150. The van der Waals surface area contributed by atoms with Gasteiger partial charge >= 0.3 is 0 Å². The number of nitrogens with zero attached hydrogens (tertiary/aromatic N) is 4. The number of nitrogens with one attached hydrogen (secondary N) is 1. The van der Waals surface area contributed by atoms with Gasteiger partial charge in [0, 0.05) is 37.6 Å². The molecule has 164 valence electrons. The molecule has 1 aromatic heterocycles. The van der Waals surface area contributed by atoms with E-state index in [1.54, 1.807) is 12.1 Å². The minimum absolute atomic E-state index is 0.150. The monoisotopic (exact) mass is 467 g/mol. The molecule has 1 N–H and O–H groups in total. The SMILES string of the molecule is C#CCN1CCN(c2ccc(NC(=O)CSc3nnc(-c4ccccc4Cl)o3)cc2)CC1. The van der Waals surface area contributed by atoms with Crippen LogP contribution in [-0.2, 0) is 4.79 Å². The van der Waals surface area contributed by atoms with Gasteiger partial charge in [0.25, 0.3) is 5.22 Å². The van der Waals surface area contributed by atoms with Crippen molar-refractivity contribution in [2.75, 3.05) is 48.7 Å². The third-order valence-corrected chi connectivity index (χ3v) is 6.19. The fraction of sp³-hybridized carbons (Fsp3) is 0.261. The number of piperazine rings is 1. The highest BCUT2D eigenvalue weighted by atomic mass is 35.5. The number of benzene rings is 2. The Bertz CT molecular complexity index is 1100. The van der Waals surface area contributed by atoms with Gasteiger partial charge in [0.05, 0.1) is 22.9 Å². The van der Waals surface area contributed by atoms with Crippen LogP contribution < -0.4 is 10.2 Å². The van der Waals surface area contributed by atoms with Crippen molar-refractivity contribution in [2.45, 2.75) is 5.22 Å². The summed E-state index contributed by atoms with van der Waals surface area (Å²) in [7, 11) is 0. The maximum atomic E-state index is 12.3. The molecule has 0 radical (unpaired) electrons. The Morgan fingerprint density at radius 2 is 1.88 bits per heavy atom. The Hall–Kier alpha value is -2.99. The molecule has 7 nitrogen and oxygen atoms in total. The zero-order valence-corrected chi connectivity index (χ0v) is 18.9. The Morgan fingerprint density at radius 1 is 1.12 bits per heavy atom. The van der Waals surface area contributed by atoms with Gasteiger partial charge in [-0.2, -0.15) is 0 Å². The zero-order valence-electron chi connectivity index (χ0n) is 17.3. The van der Waals surface area contributed by atoms with Crippen molar-refractivity contribution < 1.29 is 9.21 Å². The first-order valence-electron chi connectivity index (χ1n) is 10.1. The van der Waals surface area contributed by atoms with Gasteiger partial charge < -0.3 is 14.6 Å². The number of carbonyl (C=O) groups is 1. The van der Waals surface area contributed by atoms with Gasteiger partial charge in [0.1, 0.15) is 0 Å². The first-order chi connectivity index (χ1) is 15.6. The summed E-state index contributed by atoms with van der Waals surface area (Å²) in [6.45, 7) is 4.47. The highest BCUT2D eigenvalue weighted by Gasteiger charge is 2.17. The molecule has 0 bridgehead atoms. The first-order valence-corrected chi connectivity index (χ1v) is 11.5. The molecule has 3 aromatic rings. The smallest absolute Gasteiger partial charge is 0.277 e. The third kappa shape index (κ3) is 5.62. The third-order valence-electron chi connectivity index (χ3n) is 5.04. The highest BCUT2D eigenvalue weighted by molar-refractivity contribution is 7.99. The molecule has 0 aliphatic carbocycles. The van der Waals surface area contributed by atoms with Crippen molar-refractivity contribution >= 4 is 40.6 Å². The first kappa shape index (κ1) is 22.2. The highest BCUT2D eigenvalue weighted by Crippen LogP contribution is 2.28. The standard InChI is InChI=1S/C23H22ClN5O2S/c1-2-11-28-12-14-29(15-13-28)18-9-7-17(8-10-18)25-21(30)16-32-23-27-26-22(31-23)19-5-3-4-6-20(19)24/h1,3-10H,11-16H2,(H,25,30). The topological polar surface area (TPSA) is 74.5 Å². The van der Waals surface area contributed by atoms with Crippen LogP contribution >= 0.6 is 23.4 Å². The van der Waals surface area contributed by atoms with Crippen molar-refractivity contribution in [2.24, 2.45) is 0 Å². The Morgan fingerprint density at radius 3 is 2.59 bits per heavy atom. The summed E-state index contributed by atoms with van der Waals surface area (Å²) < 4.78 is 5.61. The number of hydrogen-bond donors (Lipinski definition) is 1. The summed E-state index contributed by atoms with van der Waals surface area (Å²) in [5.41, 5.74) is 2.54. The average molecular weight is 468 g/mol. The molecular weight excluding hydrogens is 446 g/mol. The van der Waals surface area contributed by atoms with Gasteiger partial charge in [-0.05, 0) is 36.4 Å². The maximum Gasteiger partial charge on any atom is 0.277 e. The lowest BCUT2D eigenvalue weighted by molar-refractivity contribution is -0.113. The van der Waals surface area contributed by atoms with E-state index in [9.17, 15) is 4.79 Å². The van der Waals surface area contributed by atoms with Gasteiger partial charge in [-0.15, -0.1) is 16.6 Å². The lowest BCUT2D eigenvalue weighted by atomic mass is 10.2. The van der Waals surface area contributed by atoms with E-state index in [1.807, 2.05) is 36.4 Å². The number of hydrogen-bond acceptors (Lipinski definition) is 7. The summed E-state index contributed by atoms with van der Waals surface area (Å²) in [6, 6.07) is 15.1. The molecule has 2 aromatic carbocycles. The van der Waals surface area contributed by atoms with E-state index >= 15 is 0 Å². The van der Waals surface area contributed by atoms with E-state index < -0.39 is 0 Å². The largest absolute Gasteiger partial charge is 0.411 e. The van der Waals surface area contributed by atoms with E-state index in [0.717, 1.165) is 37.6 Å². The Kier molecular flexibility index (Phi) is 7.32. The van der Waals surface area contributed by atoms with E-state index in [1.165, 1.54) is 11.8 Å². The number of terminal acetylenes is 1. The fourth-order valence-electron chi connectivity index (χ4n) is 3.38. The number of aromatic nitrogens is 2. The summed E-state index contributed by atoms with van der Waals surface area (Å²) in [5.74, 6) is 3.03. The number of rotatable bonds is 7. The molecule has 0 saturated carbocycles. The van der Waals surface area contributed by atoms with E-state index in [4.69, 9.17) is 22.4 Å². The second-order valence-electron chi connectivity index (χ2n) is 7.20. The van der Waals surface area contributed by atoms with Crippen LogP contribution in [0.3, 0.4) is 0 Å². The van der Waals surface area contributed by atoms with Crippen LogP contribution in [0.4, 0.5) is 11.4 Å². The van der Waals surface area contributed by atoms with Crippen LogP contribution in [0.5, 0.6) is 0 Å². The molecule has 1 fully saturated rings. The van der Waals surface area contributed by atoms with Crippen molar-refractivity contribution in [3.8, 4) is 23.8 Å². The molecule has 0 unspecified atom stereocenters. The second kappa shape index (κ2) is 10.6. The van der Waals surface area contributed by atoms with E-state index in [-0.39, 0.29) is 11.7 Å². The van der Waals surface area contributed by atoms with E-state index in [0.29, 0.717) is 28.2 Å². The van der Waals surface area contributed by atoms with Crippen molar-refractivity contribution in [1.82, 2.24) is 15.1 Å². The Balaban J connectivity index is 1.26. The molecule has 4 rings (SSSR count). The van der Waals surface area contributed by atoms with Crippen LogP contribution in [0.1, 0.15) is 0 Å². The van der Waals surface area contributed by atoms with Crippen molar-refractivity contribution in [1.29, 1.82) is 0 Å². The van der Waals surface area contributed by atoms with Gasteiger partial charge in [0.15, 0.2) is 0 Å². The number of halogens is 1. The number of anilines is 2. The molecule has 0 spiro atoms. The quantitative estimate of drug-likeness (QED) is 0.417. The maximum absolute atomic E-state index is 12.3. The molecule has 32 heavy (non-hydrogen) atoms. The average Bonchev–Trinajstić information content (AvgIpc) is 3.28. The van der Waals surface area contributed by atoms with E-state index in [2.05, 4.69) is 31.2 Å². The number of thioether (sulfide) groups is 1. The number of carbonyl (C=O) groups excluding carboxylic acids is 1. The molecule has 1 saturated heterocycles. The van der Waals surface area contributed by atoms with Crippen LogP contribution in [0.25, 0.3) is 11.5 Å². The van der Waals surface area contributed by atoms with Gasteiger partial charge in [-0.1, -0.05) is 41.4 Å². The van der Waals surface area contributed by atoms with Gasteiger partial charge in [-0.25, -0.2) is 0 Å². The van der Waals surface area contributed by atoms with Crippen LogP contribution in [0.2, 0.25) is 5.02 Å². The summed E-state index contributed by atoms with van der Waals surface area (Å²) >= 11 is 7.33. The lowest BCUT2D eigenvalue weighted by Crippen LogP contribution is -2.46. The molecule has 1 amide bonds. The molecule has 1 aliphatic rings. The summed E-state index contributed by atoms with van der Waals surface area (Å²) in [4.78, 5) is 16.9. The van der Waals surface area contributed by atoms with Crippen LogP contribution in [-0.4, -0.2) is 59.5 Å². The molecule has 1 aliphatic heterocycles. The second-order valence-corrected chi connectivity index (χ2v) is 8.54. The molecule has 0 atom stereocenters. The normalized spacial score (nSPS) is 14.2. The lowest BCUT2D eigenvalue weighted by Gasteiger charge is -2.35. The fourth-order valence-corrected chi connectivity index (χ4v) is 4.16. The predicted octanol–water partition coefficient (Wildman–Crippen LogP) is 3.88.